The van der Waals surface area contributed by atoms with Gasteiger partial charge in [0.15, 0.2) is 6.61 Å². The average Bonchev–Trinajstić information content (AvgIpc) is 2.83. The van der Waals surface area contributed by atoms with Gasteiger partial charge in [-0.05, 0) is 48.5 Å². The van der Waals surface area contributed by atoms with Crippen molar-refractivity contribution in [3.63, 3.8) is 0 Å². The number of carbonyl (C=O) groups is 2. The van der Waals surface area contributed by atoms with Crippen LogP contribution in [-0.4, -0.2) is 68.1 Å². The van der Waals surface area contributed by atoms with Crippen LogP contribution < -0.4 is 14.8 Å². The molecule has 2 amide bonds. The van der Waals surface area contributed by atoms with Crippen LogP contribution in [0.5, 0.6) is 11.5 Å². The Kier molecular flexibility index (Phi) is 8.10. The third kappa shape index (κ3) is 7.25. The molecule has 0 aliphatic carbocycles. The van der Waals surface area contributed by atoms with Crippen LogP contribution in [0, 0.1) is 0 Å². The summed E-state index contributed by atoms with van der Waals surface area (Å²) in [5.74, 6) is -1.21. The highest BCUT2D eigenvalue weighted by Crippen LogP contribution is 2.36. The number of ether oxygens (including phenoxy) is 3. The molecule has 1 aliphatic rings. The zero-order valence-electron chi connectivity index (χ0n) is 18.0. The summed E-state index contributed by atoms with van der Waals surface area (Å²) in [5, 5.41) is 2.53. The molecular formula is C22H20F6N2O5. The summed E-state index contributed by atoms with van der Waals surface area (Å²) in [6.07, 6.45) is -15.5. The smallest absolute Gasteiger partial charge is 0.439 e. The van der Waals surface area contributed by atoms with Crippen LogP contribution in [-0.2, 0) is 9.53 Å². The lowest BCUT2D eigenvalue weighted by molar-refractivity contribution is -0.304. The predicted octanol–water partition coefficient (Wildman–Crippen LogP) is 4.05. The Morgan fingerprint density at radius 1 is 0.943 bits per heavy atom. The van der Waals surface area contributed by atoms with E-state index >= 15 is 0 Å². The predicted molar refractivity (Wildman–Crippen MR) is 110 cm³/mol. The van der Waals surface area contributed by atoms with E-state index < -0.39 is 30.1 Å². The number of rotatable bonds is 8. The molecule has 2 aromatic rings. The summed E-state index contributed by atoms with van der Waals surface area (Å²) in [4.78, 5) is 26.0. The second-order valence-corrected chi connectivity index (χ2v) is 7.35. The summed E-state index contributed by atoms with van der Waals surface area (Å²) in [6, 6.07) is 9.73. The van der Waals surface area contributed by atoms with Crippen molar-refractivity contribution in [2.75, 3.05) is 38.2 Å². The molecule has 0 unspecified atom stereocenters. The first kappa shape index (κ1) is 26.1. The Bertz CT molecular complexity index is 1010. The van der Waals surface area contributed by atoms with Crippen molar-refractivity contribution in [2.24, 2.45) is 0 Å². The maximum atomic E-state index is 13.3. The lowest BCUT2D eigenvalue weighted by atomic mass is 10.2. The second-order valence-electron chi connectivity index (χ2n) is 7.35. The first-order chi connectivity index (χ1) is 16.5. The van der Waals surface area contributed by atoms with Crippen molar-refractivity contribution in [2.45, 2.75) is 18.5 Å². The molecular weight excluding hydrogens is 486 g/mol. The molecule has 7 nitrogen and oxygen atoms in total. The van der Waals surface area contributed by atoms with E-state index in [4.69, 9.17) is 9.47 Å². The van der Waals surface area contributed by atoms with E-state index in [0.717, 1.165) is 24.3 Å². The minimum atomic E-state index is -5.80. The van der Waals surface area contributed by atoms with Crippen LogP contribution >= 0.6 is 0 Å². The van der Waals surface area contributed by atoms with Crippen molar-refractivity contribution in [3.8, 4) is 11.5 Å². The molecule has 0 spiro atoms. The third-order valence-corrected chi connectivity index (χ3v) is 4.79. The van der Waals surface area contributed by atoms with Crippen LogP contribution in [0.25, 0.3) is 0 Å². The molecule has 0 saturated carbocycles. The molecule has 1 fully saturated rings. The maximum Gasteiger partial charge on any atom is 0.439 e. The summed E-state index contributed by atoms with van der Waals surface area (Å²) in [7, 11) is 0. The molecule has 1 N–H and O–H groups in total. The van der Waals surface area contributed by atoms with Crippen LogP contribution in [0.3, 0.4) is 0 Å². The van der Waals surface area contributed by atoms with Gasteiger partial charge < -0.3 is 24.4 Å². The highest BCUT2D eigenvalue weighted by Gasteiger charge is 2.59. The normalized spacial score (nSPS) is 15.3. The van der Waals surface area contributed by atoms with Gasteiger partial charge >= 0.3 is 12.3 Å². The van der Waals surface area contributed by atoms with Crippen molar-refractivity contribution >= 4 is 17.5 Å². The summed E-state index contributed by atoms with van der Waals surface area (Å²) >= 11 is 0. The SMILES string of the molecule is O=C(Nc1ccc(OCC(=O)N2CCOCC2)cc1)c1ccc(OC(F)(F)[C@H](F)C(F)(F)F)cc1. The zero-order chi connectivity index (χ0) is 25.6. The molecule has 2 aromatic carbocycles. The second kappa shape index (κ2) is 10.8. The van der Waals surface area contributed by atoms with Gasteiger partial charge in [-0.25, -0.2) is 4.39 Å². The van der Waals surface area contributed by atoms with E-state index in [1.54, 1.807) is 4.90 Å². The number of alkyl halides is 6. The Morgan fingerprint density at radius 2 is 1.51 bits per heavy atom. The van der Waals surface area contributed by atoms with Gasteiger partial charge in [-0.1, -0.05) is 0 Å². The maximum absolute atomic E-state index is 13.3. The number of hydrogen-bond donors (Lipinski definition) is 1. The summed E-state index contributed by atoms with van der Waals surface area (Å²) in [6.45, 7) is 1.77. The van der Waals surface area contributed by atoms with Crippen LogP contribution in [0.4, 0.5) is 32.0 Å². The van der Waals surface area contributed by atoms with Gasteiger partial charge in [0.25, 0.3) is 18.0 Å². The first-order valence-corrected chi connectivity index (χ1v) is 10.2. The van der Waals surface area contributed by atoms with Gasteiger partial charge in [-0.2, -0.15) is 22.0 Å². The quantitative estimate of drug-likeness (QED) is 0.547. The van der Waals surface area contributed by atoms with E-state index in [9.17, 15) is 35.9 Å². The monoisotopic (exact) mass is 506 g/mol. The number of nitrogens with zero attached hydrogens (tertiary/aromatic N) is 1. The molecule has 3 rings (SSSR count). The minimum absolute atomic E-state index is 0.0234. The van der Waals surface area contributed by atoms with Crippen LogP contribution in [0.1, 0.15) is 10.4 Å². The molecule has 35 heavy (non-hydrogen) atoms. The fourth-order valence-electron chi connectivity index (χ4n) is 2.96. The highest BCUT2D eigenvalue weighted by molar-refractivity contribution is 6.04. The van der Waals surface area contributed by atoms with Gasteiger partial charge in [0, 0.05) is 24.3 Å². The fraction of sp³-hybridized carbons (Fsp3) is 0.364. The van der Waals surface area contributed by atoms with E-state index in [2.05, 4.69) is 10.1 Å². The standard InChI is InChI=1S/C22H20F6N2O5/c23-20(21(24,25)26)22(27,28)35-17-5-1-14(2-6-17)19(32)29-15-3-7-16(8-4-15)34-13-18(31)30-9-11-33-12-10-30/h1-8,20H,9-13H2,(H,29,32)/t20-/m1/s1. The molecule has 0 bridgehead atoms. The molecule has 1 aliphatic heterocycles. The van der Waals surface area contributed by atoms with Crippen molar-refractivity contribution in [3.05, 3.63) is 54.1 Å². The van der Waals surface area contributed by atoms with Gasteiger partial charge in [0.05, 0.1) is 13.2 Å². The topological polar surface area (TPSA) is 77.1 Å². The van der Waals surface area contributed by atoms with Crippen LogP contribution in [0.2, 0.25) is 0 Å². The third-order valence-electron chi connectivity index (χ3n) is 4.79. The molecule has 13 heteroatoms. The van der Waals surface area contributed by atoms with Gasteiger partial charge in [-0.3, -0.25) is 9.59 Å². The highest BCUT2D eigenvalue weighted by atomic mass is 19.4. The molecule has 1 atom stereocenters. The van der Waals surface area contributed by atoms with Crippen molar-refractivity contribution < 1.29 is 50.1 Å². The molecule has 0 radical (unpaired) electrons. The lowest BCUT2D eigenvalue weighted by Crippen LogP contribution is -2.45. The zero-order valence-corrected chi connectivity index (χ0v) is 18.0. The average molecular weight is 506 g/mol. The number of hydrogen-bond acceptors (Lipinski definition) is 5. The van der Waals surface area contributed by atoms with Crippen molar-refractivity contribution in [1.82, 2.24) is 4.90 Å². The number of anilines is 1. The molecule has 190 valence electrons. The number of nitrogens with one attached hydrogen (secondary N) is 1. The molecule has 0 aromatic heterocycles. The fourth-order valence-corrected chi connectivity index (χ4v) is 2.96. The van der Waals surface area contributed by atoms with E-state index in [0.29, 0.717) is 37.7 Å². The number of benzene rings is 2. The lowest BCUT2D eigenvalue weighted by Gasteiger charge is -2.26. The Balaban J connectivity index is 1.51. The Hall–Kier alpha value is -3.48. The van der Waals surface area contributed by atoms with Crippen molar-refractivity contribution in [1.29, 1.82) is 0 Å². The van der Waals surface area contributed by atoms with E-state index in [-0.39, 0.29) is 18.1 Å². The van der Waals surface area contributed by atoms with Gasteiger partial charge in [0.2, 0.25) is 0 Å². The number of halogens is 6. The van der Waals surface area contributed by atoms with E-state index in [1.807, 2.05) is 0 Å². The number of amides is 2. The molecule has 1 saturated heterocycles. The first-order valence-electron chi connectivity index (χ1n) is 10.2. The van der Waals surface area contributed by atoms with Gasteiger partial charge in [-0.15, -0.1) is 0 Å². The minimum Gasteiger partial charge on any atom is -0.484 e. The Labute approximate surface area is 195 Å². The number of morpholine rings is 1. The summed E-state index contributed by atoms with van der Waals surface area (Å²) in [5.41, 5.74) is 0.323. The largest absolute Gasteiger partial charge is 0.484 e. The van der Waals surface area contributed by atoms with Gasteiger partial charge in [0.1, 0.15) is 11.5 Å². The number of carbonyl (C=O) groups excluding carboxylic acids is 2. The molecule has 1 heterocycles. The van der Waals surface area contributed by atoms with E-state index in [1.165, 1.54) is 24.3 Å². The Morgan fingerprint density at radius 3 is 2.09 bits per heavy atom. The summed E-state index contributed by atoms with van der Waals surface area (Å²) < 4.78 is 90.6. The van der Waals surface area contributed by atoms with Crippen LogP contribution in [0.15, 0.2) is 48.5 Å².